The van der Waals surface area contributed by atoms with E-state index in [1.54, 1.807) is 0 Å². The van der Waals surface area contributed by atoms with Gasteiger partial charge in [-0.15, -0.1) is 12.4 Å². The van der Waals surface area contributed by atoms with Crippen molar-refractivity contribution >= 4 is 12.4 Å². The van der Waals surface area contributed by atoms with Crippen LogP contribution in [0.1, 0.15) is 19.3 Å². The van der Waals surface area contributed by atoms with Gasteiger partial charge in [0.2, 0.25) is 0 Å². The summed E-state index contributed by atoms with van der Waals surface area (Å²) < 4.78 is 0. The van der Waals surface area contributed by atoms with Gasteiger partial charge in [-0.3, -0.25) is 0 Å². The van der Waals surface area contributed by atoms with Crippen molar-refractivity contribution in [3.8, 4) is 0 Å². The van der Waals surface area contributed by atoms with Crippen LogP contribution < -0.4 is 11.1 Å². The summed E-state index contributed by atoms with van der Waals surface area (Å²) in [6.45, 7) is 2.38. The van der Waals surface area contributed by atoms with E-state index in [2.05, 4.69) is 5.32 Å². The molecule has 1 heterocycles. The summed E-state index contributed by atoms with van der Waals surface area (Å²) in [7, 11) is 0. The van der Waals surface area contributed by atoms with E-state index in [1.165, 1.54) is 32.4 Å². The lowest BCUT2D eigenvalue weighted by Crippen LogP contribution is -2.34. The Labute approximate surface area is 68.0 Å². The van der Waals surface area contributed by atoms with Gasteiger partial charge < -0.3 is 11.1 Å². The normalized spacial score (nSPS) is 44.7. The molecule has 1 saturated heterocycles. The standard InChI is InChI=1S/C7H14N2.ClH/c8-6-4-7(6)2-1-3-9-5-7;/h6,9H,1-5,8H2;1H. The Hall–Kier alpha value is 0.210. The second-order valence-electron chi connectivity index (χ2n) is 3.45. The molecule has 2 nitrogen and oxygen atoms in total. The zero-order valence-corrected chi connectivity index (χ0v) is 6.91. The topological polar surface area (TPSA) is 38.0 Å². The van der Waals surface area contributed by atoms with Crippen LogP contribution in [-0.4, -0.2) is 19.1 Å². The van der Waals surface area contributed by atoms with Crippen LogP contribution in [0.2, 0.25) is 0 Å². The second kappa shape index (κ2) is 2.68. The van der Waals surface area contributed by atoms with Gasteiger partial charge >= 0.3 is 0 Å². The Morgan fingerprint density at radius 1 is 1.50 bits per heavy atom. The van der Waals surface area contributed by atoms with Crippen molar-refractivity contribution in [1.82, 2.24) is 5.32 Å². The third kappa shape index (κ3) is 1.16. The molecule has 1 spiro atoms. The maximum Gasteiger partial charge on any atom is 0.0115 e. The first-order chi connectivity index (χ1) is 4.33. The summed E-state index contributed by atoms with van der Waals surface area (Å²) >= 11 is 0. The molecule has 2 fully saturated rings. The van der Waals surface area contributed by atoms with E-state index in [9.17, 15) is 0 Å². The van der Waals surface area contributed by atoms with E-state index in [1.807, 2.05) is 0 Å². The summed E-state index contributed by atoms with van der Waals surface area (Å²) in [6.07, 6.45) is 3.95. The smallest absolute Gasteiger partial charge is 0.0115 e. The summed E-state index contributed by atoms with van der Waals surface area (Å²) in [5.74, 6) is 0. The van der Waals surface area contributed by atoms with Gasteiger partial charge in [0.05, 0.1) is 0 Å². The molecule has 1 saturated carbocycles. The summed E-state index contributed by atoms with van der Waals surface area (Å²) in [5, 5.41) is 3.39. The molecule has 0 radical (unpaired) electrons. The van der Waals surface area contributed by atoms with Crippen LogP contribution in [-0.2, 0) is 0 Å². The van der Waals surface area contributed by atoms with Gasteiger partial charge in [0, 0.05) is 12.6 Å². The largest absolute Gasteiger partial charge is 0.327 e. The van der Waals surface area contributed by atoms with E-state index < -0.39 is 0 Å². The lowest BCUT2D eigenvalue weighted by molar-refractivity contribution is 0.347. The molecule has 1 aliphatic carbocycles. The van der Waals surface area contributed by atoms with E-state index in [0.29, 0.717) is 11.5 Å². The highest BCUT2D eigenvalue weighted by Crippen LogP contribution is 2.48. The summed E-state index contributed by atoms with van der Waals surface area (Å²) in [5.41, 5.74) is 6.35. The van der Waals surface area contributed by atoms with E-state index in [4.69, 9.17) is 5.73 Å². The van der Waals surface area contributed by atoms with Crippen LogP contribution in [0.15, 0.2) is 0 Å². The molecule has 2 atom stereocenters. The first kappa shape index (κ1) is 8.31. The maximum absolute atomic E-state index is 5.79. The average molecular weight is 163 g/mol. The highest BCUT2D eigenvalue weighted by atomic mass is 35.5. The minimum Gasteiger partial charge on any atom is -0.327 e. The van der Waals surface area contributed by atoms with Gasteiger partial charge in [0.25, 0.3) is 0 Å². The molecular formula is C7H15ClN2. The fourth-order valence-corrected chi connectivity index (χ4v) is 1.86. The molecule has 0 bridgehead atoms. The lowest BCUT2D eigenvalue weighted by Gasteiger charge is -2.22. The van der Waals surface area contributed by atoms with Gasteiger partial charge in [-0.25, -0.2) is 0 Å². The lowest BCUT2D eigenvalue weighted by atomic mass is 9.96. The zero-order valence-electron chi connectivity index (χ0n) is 6.10. The first-order valence-electron chi connectivity index (χ1n) is 3.80. The molecule has 0 aromatic carbocycles. The van der Waals surface area contributed by atoms with E-state index in [0.717, 1.165) is 0 Å². The van der Waals surface area contributed by atoms with Gasteiger partial charge in [0.15, 0.2) is 0 Å². The van der Waals surface area contributed by atoms with Crippen molar-refractivity contribution in [3.63, 3.8) is 0 Å². The molecule has 0 aromatic heterocycles. The first-order valence-corrected chi connectivity index (χ1v) is 3.80. The maximum atomic E-state index is 5.79. The fourth-order valence-electron chi connectivity index (χ4n) is 1.86. The minimum atomic E-state index is 0. The monoisotopic (exact) mass is 162 g/mol. The Balaban J connectivity index is 0.000000500. The molecule has 0 amide bonds. The van der Waals surface area contributed by atoms with Crippen molar-refractivity contribution in [2.75, 3.05) is 13.1 Å². The van der Waals surface area contributed by atoms with Gasteiger partial charge in [-0.05, 0) is 31.2 Å². The molecule has 0 aromatic rings. The summed E-state index contributed by atoms with van der Waals surface area (Å²) in [4.78, 5) is 0. The highest BCUT2D eigenvalue weighted by Gasteiger charge is 2.51. The molecule has 2 rings (SSSR count). The molecule has 10 heavy (non-hydrogen) atoms. The molecule has 2 unspecified atom stereocenters. The Morgan fingerprint density at radius 2 is 2.20 bits per heavy atom. The van der Waals surface area contributed by atoms with Crippen molar-refractivity contribution in [3.05, 3.63) is 0 Å². The Bertz CT molecular complexity index is 121. The molecule has 60 valence electrons. The average Bonchev–Trinajstić information content (AvgIpc) is 2.44. The molecular weight excluding hydrogens is 148 g/mol. The predicted octanol–water partition coefficient (Wildman–Crippen LogP) is 0.509. The zero-order chi connectivity index (χ0) is 6.32. The number of hydrogen-bond acceptors (Lipinski definition) is 2. The number of hydrogen-bond donors (Lipinski definition) is 2. The van der Waals surface area contributed by atoms with Gasteiger partial charge in [-0.2, -0.15) is 0 Å². The van der Waals surface area contributed by atoms with Crippen LogP contribution in [0.25, 0.3) is 0 Å². The van der Waals surface area contributed by atoms with Crippen molar-refractivity contribution in [2.45, 2.75) is 25.3 Å². The molecule has 3 heteroatoms. The van der Waals surface area contributed by atoms with E-state index >= 15 is 0 Å². The fraction of sp³-hybridized carbons (Fsp3) is 1.00. The quantitative estimate of drug-likeness (QED) is 0.545. The number of halogens is 1. The number of nitrogens with one attached hydrogen (secondary N) is 1. The third-order valence-electron chi connectivity index (χ3n) is 2.76. The van der Waals surface area contributed by atoms with E-state index in [-0.39, 0.29) is 12.4 Å². The minimum absolute atomic E-state index is 0. The molecule has 2 aliphatic rings. The third-order valence-corrected chi connectivity index (χ3v) is 2.76. The predicted molar refractivity (Wildman–Crippen MR) is 44.4 cm³/mol. The number of nitrogens with two attached hydrogens (primary N) is 1. The van der Waals surface area contributed by atoms with Crippen LogP contribution in [0, 0.1) is 5.41 Å². The molecule has 1 aliphatic heterocycles. The highest BCUT2D eigenvalue weighted by molar-refractivity contribution is 5.85. The van der Waals surface area contributed by atoms with Crippen molar-refractivity contribution in [1.29, 1.82) is 0 Å². The summed E-state index contributed by atoms with van der Waals surface area (Å²) in [6, 6.07) is 0.519. The van der Waals surface area contributed by atoms with Crippen LogP contribution in [0.3, 0.4) is 0 Å². The molecule has 3 N–H and O–H groups in total. The van der Waals surface area contributed by atoms with Crippen LogP contribution in [0.5, 0.6) is 0 Å². The second-order valence-corrected chi connectivity index (χ2v) is 3.45. The Kier molecular flexibility index (Phi) is 2.23. The van der Waals surface area contributed by atoms with Crippen molar-refractivity contribution < 1.29 is 0 Å². The van der Waals surface area contributed by atoms with Gasteiger partial charge in [-0.1, -0.05) is 0 Å². The van der Waals surface area contributed by atoms with Crippen molar-refractivity contribution in [2.24, 2.45) is 11.1 Å². The van der Waals surface area contributed by atoms with Crippen LogP contribution in [0.4, 0.5) is 0 Å². The SMILES string of the molecule is Cl.NC1CC12CCCNC2. The van der Waals surface area contributed by atoms with Gasteiger partial charge in [0.1, 0.15) is 0 Å². The Morgan fingerprint density at radius 3 is 2.50 bits per heavy atom. The number of rotatable bonds is 0. The number of piperidine rings is 1. The van der Waals surface area contributed by atoms with Crippen LogP contribution >= 0.6 is 12.4 Å².